The third-order valence-electron chi connectivity index (χ3n) is 3.72. The summed E-state index contributed by atoms with van der Waals surface area (Å²) in [6.45, 7) is 1.69. The van der Waals surface area contributed by atoms with Gasteiger partial charge in [-0.05, 0) is 49.9 Å². The van der Waals surface area contributed by atoms with Crippen LogP contribution in [-0.4, -0.2) is 10.8 Å². The number of H-pyrrole nitrogens is 1. The van der Waals surface area contributed by atoms with Crippen molar-refractivity contribution in [2.45, 2.75) is 26.2 Å². The first kappa shape index (κ1) is 10.8. The average Bonchev–Trinajstić information content (AvgIpc) is 2.66. The van der Waals surface area contributed by atoms with Crippen LogP contribution >= 0.6 is 11.6 Å². The Balaban J connectivity index is 2.10. The molecule has 17 heavy (non-hydrogen) atoms. The lowest BCUT2D eigenvalue weighted by Gasteiger charge is -2.19. The number of aromatic nitrogens is 1. The Hall–Kier alpha value is -1.28. The molecule has 1 unspecified atom stereocenters. The Labute approximate surface area is 105 Å². The molecule has 2 nitrogen and oxygen atoms in total. The van der Waals surface area contributed by atoms with Gasteiger partial charge >= 0.3 is 0 Å². The number of ketones is 1. The number of hydrogen-bond donors (Lipinski definition) is 1. The monoisotopic (exact) mass is 247 g/mol. The van der Waals surface area contributed by atoms with Crippen molar-refractivity contribution in [1.82, 2.24) is 4.98 Å². The van der Waals surface area contributed by atoms with Crippen LogP contribution in [0.15, 0.2) is 18.2 Å². The fourth-order valence-electron chi connectivity index (χ4n) is 2.75. The summed E-state index contributed by atoms with van der Waals surface area (Å²) in [6, 6.07) is 5.92. The van der Waals surface area contributed by atoms with Crippen LogP contribution in [0, 0.1) is 5.92 Å². The molecule has 0 bridgehead atoms. The van der Waals surface area contributed by atoms with Crippen molar-refractivity contribution in [3.05, 3.63) is 34.5 Å². The molecule has 3 heteroatoms. The van der Waals surface area contributed by atoms with Gasteiger partial charge in [0.15, 0.2) is 0 Å². The fraction of sp³-hybridized carbons (Fsp3) is 0.357. The number of benzene rings is 1. The van der Waals surface area contributed by atoms with Crippen LogP contribution in [0.4, 0.5) is 0 Å². The molecule has 0 fully saturated rings. The predicted molar refractivity (Wildman–Crippen MR) is 69.5 cm³/mol. The summed E-state index contributed by atoms with van der Waals surface area (Å²) in [4.78, 5) is 14.9. The van der Waals surface area contributed by atoms with Gasteiger partial charge < -0.3 is 4.98 Å². The standard InChI is InChI=1S/C14H14ClNO/c1-8(17)9-2-4-11-12-7-10(15)3-5-13(12)16-14(11)6-9/h3,5,7,9,16H,2,4,6H2,1H3. The van der Waals surface area contributed by atoms with Crippen molar-refractivity contribution < 1.29 is 4.79 Å². The topological polar surface area (TPSA) is 32.9 Å². The number of carbonyl (C=O) groups excluding carboxylic acids is 1. The molecule has 0 aliphatic heterocycles. The maximum atomic E-state index is 11.4. The highest BCUT2D eigenvalue weighted by atomic mass is 35.5. The Morgan fingerprint density at radius 1 is 1.47 bits per heavy atom. The second kappa shape index (κ2) is 3.88. The summed E-state index contributed by atoms with van der Waals surface area (Å²) in [5, 5.41) is 1.99. The van der Waals surface area contributed by atoms with Gasteiger partial charge in [-0.2, -0.15) is 0 Å². The molecule has 0 saturated carbocycles. The van der Waals surface area contributed by atoms with E-state index in [-0.39, 0.29) is 5.92 Å². The van der Waals surface area contributed by atoms with Gasteiger partial charge in [-0.15, -0.1) is 0 Å². The van der Waals surface area contributed by atoms with Crippen LogP contribution in [0.3, 0.4) is 0 Å². The van der Waals surface area contributed by atoms with E-state index in [1.165, 1.54) is 16.6 Å². The molecule has 0 radical (unpaired) electrons. The SMILES string of the molecule is CC(=O)C1CCc2c([nH]c3ccc(Cl)cc23)C1. The zero-order chi connectivity index (χ0) is 12.0. The summed E-state index contributed by atoms with van der Waals surface area (Å²) in [5.74, 6) is 0.485. The van der Waals surface area contributed by atoms with Crippen molar-refractivity contribution in [1.29, 1.82) is 0 Å². The molecule has 1 aliphatic carbocycles. The highest BCUT2D eigenvalue weighted by Gasteiger charge is 2.24. The van der Waals surface area contributed by atoms with Crippen LogP contribution in [-0.2, 0) is 17.6 Å². The fourth-order valence-corrected chi connectivity index (χ4v) is 2.92. The number of fused-ring (bicyclic) bond motifs is 3. The van der Waals surface area contributed by atoms with Gasteiger partial charge in [0.25, 0.3) is 0 Å². The van der Waals surface area contributed by atoms with E-state index in [2.05, 4.69) is 4.98 Å². The van der Waals surface area contributed by atoms with Gasteiger partial charge in [-0.25, -0.2) is 0 Å². The lowest BCUT2D eigenvalue weighted by molar-refractivity contribution is -0.121. The van der Waals surface area contributed by atoms with Crippen molar-refractivity contribution in [3.63, 3.8) is 0 Å². The summed E-state index contributed by atoms with van der Waals surface area (Å²) in [7, 11) is 0. The molecule has 1 heterocycles. The van der Waals surface area contributed by atoms with E-state index in [1.807, 2.05) is 18.2 Å². The summed E-state index contributed by atoms with van der Waals surface area (Å²) in [5.41, 5.74) is 3.69. The van der Waals surface area contributed by atoms with Crippen molar-refractivity contribution in [2.75, 3.05) is 0 Å². The molecule has 88 valence electrons. The largest absolute Gasteiger partial charge is 0.358 e. The van der Waals surface area contributed by atoms with Crippen LogP contribution in [0.1, 0.15) is 24.6 Å². The normalized spacial score (nSPS) is 19.3. The first-order valence-electron chi connectivity index (χ1n) is 5.94. The summed E-state index contributed by atoms with van der Waals surface area (Å²) in [6.07, 6.45) is 2.78. The van der Waals surface area contributed by atoms with Gasteiger partial charge in [0.1, 0.15) is 5.78 Å². The molecular weight excluding hydrogens is 234 g/mol. The quantitative estimate of drug-likeness (QED) is 0.822. The minimum atomic E-state index is 0.186. The lowest BCUT2D eigenvalue weighted by Crippen LogP contribution is -2.20. The Morgan fingerprint density at radius 2 is 2.29 bits per heavy atom. The van der Waals surface area contributed by atoms with E-state index in [4.69, 9.17) is 11.6 Å². The lowest BCUT2D eigenvalue weighted by atomic mass is 9.85. The number of carbonyl (C=O) groups is 1. The van der Waals surface area contributed by atoms with Gasteiger partial charge in [-0.1, -0.05) is 11.6 Å². The maximum absolute atomic E-state index is 11.4. The highest BCUT2D eigenvalue weighted by molar-refractivity contribution is 6.31. The second-order valence-corrected chi connectivity index (χ2v) is 5.26. The number of Topliss-reactive ketones (excluding diaryl/α,β-unsaturated/α-hetero) is 1. The zero-order valence-corrected chi connectivity index (χ0v) is 10.5. The number of aryl methyl sites for hydroxylation is 1. The predicted octanol–water partition coefficient (Wildman–Crippen LogP) is 3.52. The molecule has 1 aromatic carbocycles. The van der Waals surface area contributed by atoms with Gasteiger partial charge in [0.05, 0.1) is 0 Å². The van der Waals surface area contributed by atoms with Crippen LogP contribution in [0.2, 0.25) is 5.02 Å². The molecule has 1 atom stereocenters. The second-order valence-electron chi connectivity index (χ2n) is 4.82. The van der Waals surface area contributed by atoms with E-state index < -0.39 is 0 Å². The molecular formula is C14H14ClNO. The van der Waals surface area contributed by atoms with E-state index in [0.29, 0.717) is 5.78 Å². The van der Waals surface area contributed by atoms with Gasteiger partial charge in [0, 0.05) is 27.5 Å². The van der Waals surface area contributed by atoms with E-state index in [1.54, 1.807) is 6.92 Å². The number of nitrogens with one attached hydrogen (secondary N) is 1. The van der Waals surface area contributed by atoms with Gasteiger partial charge in [-0.3, -0.25) is 4.79 Å². The summed E-state index contributed by atoms with van der Waals surface area (Å²) >= 11 is 6.03. The maximum Gasteiger partial charge on any atom is 0.133 e. The first-order chi connectivity index (χ1) is 8.15. The smallest absolute Gasteiger partial charge is 0.133 e. The van der Waals surface area contributed by atoms with Crippen LogP contribution in [0.5, 0.6) is 0 Å². The molecule has 1 N–H and O–H groups in total. The molecule has 2 aromatic rings. The molecule has 0 spiro atoms. The van der Waals surface area contributed by atoms with Crippen molar-refractivity contribution in [3.8, 4) is 0 Å². The molecule has 0 saturated heterocycles. The number of rotatable bonds is 1. The van der Waals surface area contributed by atoms with Crippen LogP contribution < -0.4 is 0 Å². The molecule has 1 aliphatic rings. The third-order valence-corrected chi connectivity index (χ3v) is 3.96. The van der Waals surface area contributed by atoms with Crippen molar-refractivity contribution in [2.24, 2.45) is 5.92 Å². The molecule has 0 amide bonds. The number of aromatic amines is 1. The zero-order valence-electron chi connectivity index (χ0n) is 9.72. The van der Waals surface area contributed by atoms with E-state index in [9.17, 15) is 4.79 Å². The Bertz CT molecular complexity index is 600. The number of halogens is 1. The van der Waals surface area contributed by atoms with Crippen LogP contribution in [0.25, 0.3) is 10.9 Å². The Kier molecular flexibility index (Phi) is 2.48. The van der Waals surface area contributed by atoms with E-state index in [0.717, 1.165) is 29.8 Å². The minimum absolute atomic E-state index is 0.186. The van der Waals surface area contributed by atoms with Crippen molar-refractivity contribution >= 4 is 28.3 Å². The summed E-state index contributed by atoms with van der Waals surface area (Å²) < 4.78 is 0. The minimum Gasteiger partial charge on any atom is -0.358 e. The third kappa shape index (κ3) is 1.77. The first-order valence-corrected chi connectivity index (χ1v) is 6.32. The van der Waals surface area contributed by atoms with E-state index >= 15 is 0 Å². The van der Waals surface area contributed by atoms with Gasteiger partial charge in [0.2, 0.25) is 0 Å². The molecule has 3 rings (SSSR count). The molecule has 1 aromatic heterocycles. The highest BCUT2D eigenvalue weighted by Crippen LogP contribution is 2.33. The number of hydrogen-bond acceptors (Lipinski definition) is 1. The average molecular weight is 248 g/mol. The Morgan fingerprint density at radius 3 is 3.06 bits per heavy atom.